The fourth-order valence-electron chi connectivity index (χ4n) is 0.985. The van der Waals surface area contributed by atoms with Gasteiger partial charge < -0.3 is 10.5 Å². The average Bonchev–Trinajstić information content (AvgIpc) is 2.47. The van der Waals surface area contributed by atoms with Gasteiger partial charge in [0, 0.05) is 13.2 Å². The summed E-state index contributed by atoms with van der Waals surface area (Å²) in [5.74, 6) is 0. The Labute approximate surface area is 75.9 Å². The first-order valence-corrected chi connectivity index (χ1v) is 4.67. The number of aryl methyl sites for hydroxylation is 1. The first-order chi connectivity index (χ1) is 5.79. The SMILES string of the molecule is CCOC(CN)c1snnc1C. The Morgan fingerprint density at radius 1 is 1.67 bits per heavy atom. The van der Waals surface area contributed by atoms with Crippen molar-refractivity contribution in [1.82, 2.24) is 9.59 Å². The molecule has 1 aromatic heterocycles. The topological polar surface area (TPSA) is 61.0 Å². The summed E-state index contributed by atoms with van der Waals surface area (Å²) in [4.78, 5) is 1.04. The fraction of sp³-hybridized carbons (Fsp3) is 0.714. The number of nitrogens with zero attached hydrogens (tertiary/aromatic N) is 2. The van der Waals surface area contributed by atoms with E-state index in [-0.39, 0.29) is 6.10 Å². The molecule has 0 spiro atoms. The van der Waals surface area contributed by atoms with E-state index in [0.29, 0.717) is 13.2 Å². The number of hydrogen-bond donors (Lipinski definition) is 1. The number of ether oxygens (including phenoxy) is 1. The first kappa shape index (κ1) is 9.57. The van der Waals surface area contributed by atoms with E-state index >= 15 is 0 Å². The molecule has 12 heavy (non-hydrogen) atoms. The van der Waals surface area contributed by atoms with Gasteiger partial charge in [-0.15, -0.1) is 5.10 Å². The summed E-state index contributed by atoms with van der Waals surface area (Å²) in [5.41, 5.74) is 6.47. The van der Waals surface area contributed by atoms with Crippen LogP contribution < -0.4 is 5.73 Å². The Bertz CT molecular complexity index is 238. The highest BCUT2D eigenvalue weighted by Crippen LogP contribution is 2.21. The molecule has 0 fully saturated rings. The zero-order valence-corrected chi connectivity index (χ0v) is 8.10. The summed E-state index contributed by atoms with van der Waals surface area (Å²) in [6, 6.07) is 0. The molecule has 0 radical (unpaired) electrons. The van der Waals surface area contributed by atoms with Crippen LogP contribution in [0.1, 0.15) is 23.6 Å². The molecular formula is C7H13N3OS. The van der Waals surface area contributed by atoms with Gasteiger partial charge in [-0.05, 0) is 25.4 Å². The maximum absolute atomic E-state index is 5.55. The lowest BCUT2D eigenvalue weighted by atomic mass is 10.2. The van der Waals surface area contributed by atoms with E-state index in [1.165, 1.54) is 11.5 Å². The molecule has 68 valence electrons. The molecule has 1 atom stereocenters. The molecule has 1 unspecified atom stereocenters. The van der Waals surface area contributed by atoms with Crippen LogP contribution in [-0.4, -0.2) is 22.7 Å². The molecule has 0 saturated carbocycles. The Morgan fingerprint density at radius 3 is 2.83 bits per heavy atom. The lowest BCUT2D eigenvalue weighted by Gasteiger charge is -2.12. The summed E-state index contributed by atoms with van der Waals surface area (Å²) >= 11 is 1.36. The van der Waals surface area contributed by atoms with Gasteiger partial charge in [0.05, 0.1) is 10.6 Å². The van der Waals surface area contributed by atoms with Crippen molar-refractivity contribution in [1.29, 1.82) is 0 Å². The summed E-state index contributed by atoms with van der Waals surface area (Å²) < 4.78 is 9.25. The van der Waals surface area contributed by atoms with E-state index in [4.69, 9.17) is 10.5 Å². The van der Waals surface area contributed by atoms with Crippen molar-refractivity contribution in [2.75, 3.05) is 13.2 Å². The van der Waals surface area contributed by atoms with Gasteiger partial charge in [-0.2, -0.15) is 0 Å². The van der Waals surface area contributed by atoms with Gasteiger partial charge in [-0.25, -0.2) is 0 Å². The van der Waals surface area contributed by atoms with Crippen molar-refractivity contribution < 1.29 is 4.74 Å². The Balaban J connectivity index is 2.72. The molecule has 0 aliphatic carbocycles. The molecule has 0 aromatic carbocycles. The van der Waals surface area contributed by atoms with Crippen molar-refractivity contribution >= 4 is 11.5 Å². The van der Waals surface area contributed by atoms with Crippen LogP contribution in [0.4, 0.5) is 0 Å². The predicted octanol–water partition coefficient (Wildman–Crippen LogP) is 0.883. The maximum atomic E-state index is 5.55. The second-order valence-corrected chi connectivity index (χ2v) is 3.19. The van der Waals surface area contributed by atoms with E-state index in [9.17, 15) is 0 Å². The highest BCUT2D eigenvalue weighted by Gasteiger charge is 2.15. The fourth-order valence-corrected chi connectivity index (χ4v) is 1.69. The minimum Gasteiger partial charge on any atom is -0.372 e. The molecule has 1 heterocycles. The van der Waals surface area contributed by atoms with E-state index in [1.807, 2.05) is 13.8 Å². The summed E-state index contributed by atoms with van der Waals surface area (Å²) in [7, 11) is 0. The highest BCUT2D eigenvalue weighted by atomic mass is 32.1. The minimum atomic E-state index is -0.0324. The second kappa shape index (κ2) is 4.49. The zero-order valence-electron chi connectivity index (χ0n) is 7.28. The van der Waals surface area contributed by atoms with Crippen LogP contribution in [0.3, 0.4) is 0 Å². The van der Waals surface area contributed by atoms with Gasteiger partial charge in [0.25, 0.3) is 0 Å². The third kappa shape index (κ3) is 2.00. The Kier molecular flexibility index (Phi) is 3.58. The quantitative estimate of drug-likeness (QED) is 0.760. The van der Waals surface area contributed by atoms with Gasteiger partial charge in [0.1, 0.15) is 6.10 Å². The van der Waals surface area contributed by atoms with Gasteiger partial charge in [-0.1, -0.05) is 4.49 Å². The highest BCUT2D eigenvalue weighted by molar-refractivity contribution is 7.05. The maximum Gasteiger partial charge on any atom is 0.107 e. The molecule has 0 aliphatic heterocycles. The molecule has 1 rings (SSSR count). The van der Waals surface area contributed by atoms with E-state index in [0.717, 1.165) is 10.6 Å². The monoisotopic (exact) mass is 187 g/mol. The molecule has 0 aliphatic rings. The molecule has 1 aromatic rings. The van der Waals surface area contributed by atoms with Crippen molar-refractivity contribution in [3.8, 4) is 0 Å². The Hall–Kier alpha value is -0.520. The zero-order chi connectivity index (χ0) is 8.97. The van der Waals surface area contributed by atoms with E-state index < -0.39 is 0 Å². The van der Waals surface area contributed by atoms with E-state index in [2.05, 4.69) is 9.59 Å². The third-order valence-corrected chi connectivity index (χ3v) is 2.48. The lowest BCUT2D eigenvalue weighted by Crippen LogP contribution is -2.15. The van der Waals surface area contributed by atoms with Crippen LogP contribution in [0.5, 0.6) is 0 Å². The standard InChI is InChI=1S/C7H13N3OS/c1-3-11-6(4-8)7-5(2)9-10-12-7/h6H,3-4,8H2,1-2H3. The molecule has 4 nitrogen and oxygen atoms in total. The number of rotatable bonds is 4. The summed E-state index contributed by atoms with van der Waals surface area (Å²) in [5, 5.41) is 3.90. The molecule has 0 amide bonds. The van der Waals surface area contributed by atoms with Crippen LogP contribution in [0.2, 0.25) is 0 Å². The molecule has 0 saturated heterocycles. The van der Waals surface area contributed by atoms with Crippen molar-refractivity contribution in [3.63, 3.8) is 0 Å². The largest absolute Gasteiger partial charge is 0.372 e. The summed E-state index contributed by atoms with van der Waals surface area (Å²) in [6.45, 7) is 5.02. The lowest BCUT2D eigenvalue weighted by molar-refractivity contribution is 0.0708. The van der Waals surface area contributed by atoms with E-state index in [1.54, 1.807) is 0 Å². The third-order valence-electron chi connectivity index (χ3n) is 1.56. The molecule has 2 N–H and O–H groups in total. The number of nitrogens with two attached hydrogens (primary N) is 1. The Morgan fingerprint density at radius 2 is 2.42 bits per heavy atom. The van der Waals surface area contributed by atoms with Crippen LogP contribution in [-0.2, 0) is 4.74 Å². The molecule has 5 heteroatoms. The van der Waals surface area contributed by atoms with Gasteiger partial charge in [0.2, 0.25) is 0 Å². The van der Waals surface area contributed by atoms with Crippen LogP contribution in [0.25, 0.3) is 0 Å². The second-order valence-electron chi connectivity index (χ2n) is 2.40. The molecular weight excluding hydrogens is 174 g/mol. The van der Waals surface area contributed by atoms with Crippen LogP contribution in [0.15, 0.2) is 0 Å². The van der Waals surface area contributed by atoms with Gasteiger partial charge in [-0.3, -0.25) is 0 Å². The van der Waals surface area contributed by atoms with Crippen molar-refractivity contribution in [2.45, 2.75) is 20.0 Å². The van der Waals surface area contributed by atoms with Gasteiger partial charge in [0.15, 0.2) is 0 Å². The van der Waals surface area contributed by atoms with Crippen molar-refractivity contribution in [2.24, 2.45) is 5.73 Å². The first-order valence-electron chi connectivity index (χ1n) is 3.90. The molecule has 0 bridgehead atoms. The van der Waals surface area contributed by atoms with Crippen molar-refractivity contribution in [3.05, 3.63) is 10.6 Å². The summed E-state index contributed by atoms with van der Waals surface area (Å²) in [6.07, 6.45) is -0.0324. The van der Waals surface area contributed by atoms with Gasteiger partial charge >= 0.3 is 0 Å². The number of aromatic nitrogens is 2. The average molecular weight is 187 g/mol. The van der Waals surface area contributed by atoms with Crippen LogP contribution >= 0.6 is 11.5 Å². The number of hydrogen-bond acceptors (Lipinski definition) is 5. The van der Waals surface area contributed by atoms with Crippen LogP contribution in [0, 0.1) is 6.92 Å². The normalized spacial score (nSPS) is 13.2. The smallest absolute Gasteiger partial charge is 0.107 e. The minimum absolute atomic E-state index is 0.0324. The predicted molar refractivity (Wildman–Crippen MR) is 48.1 cm³/mol.